The van der Waals surface area contributed by atoms with Gasteiger partial charge < -0.3 is 10.3 Å². The highest BCUT2D eigenvalue weighted by molar-refractivity contribution is 6.31. The Morgan fingerprint density at radius 2 is 2.17 bits per heavy atom. The summed E-state index contributed by atoms with van der Waals surface area (Å²) in [6.45, 7) is 6.23. The van der Waals surface area contributed by atoms with E-state index in [0.29, 0.717) is 12.5 Å². The van der Waals surface area contributed by atoms with Gasteiger partial charge in [0.1, 0.15) is 0 Å². The van der Waals surface area contributed by atoms with E-state index in [4.69, 9.17) is 17.3 Å². The Balaban J connectivity index is 2.47. The van der Waals surface area contributed by atoms with Crippen LogP contribution in [0, 0.1) is 5.92 Å². The summed E-state index contributed by atoms with van der Waals surface area (Å²) < 4.78 is 2.32. The van der Waals surface area contributed by atoms with Gasteiger partial charge in [0.15, 0.2) is 0 Å². The first-order valence-electron chi connectivity index (χ1n) is 6.63. The number of nitrogens with two attached hydrogens (primary N) is 1. The molecule has 1 aromatic carbocycles. The minimum Gasteiger partial charge on any atom is -0.347 e. The largest absolute Gasteiger partial charge is 0.347 e. The number of fused-ring (bicyclic) bond motifs is 1. The van der Waals surface area contributed by atoms with Gasteiger partial charge in [-0.1, -0.05) is 37.9 Å². The second kappa shape index (κ2) is 5.77. The van der Waals surface area contributed by atoms with Crippen LogP contribution >= 0.6 is 11.6 Å². The third-order valence-electron chi connectivity index (χ3n) is 3.55. The lowest BCUT2D eigenvalue weighted by Gasteiger charge is -2.11. The molecule has 2 N–H and O–H groups in total. The van der Waals surface area contributed by atoms with Crippen molar-refractivity contribution >= 4 is 22.5 Å². The molecule has 0 saturated heterocycles. The van der Waals surface area contributed by atoms with Gasteiger partial charge in [0.25, 0.3) is 0 Å². The minimum absolute atomic E-state index is 0.672. The zero-order valence-electron chi connectivity index (χ0n) is 11.1. The first-order valence-corrected chi connectivity index (χ1v) is 7.00. The number of nitrogens with zero attached hydrogens (tertiary/aromatic N) is 1. The van der Waals surface area contributed by atoms with Gasteiger partial charge in [0, 0.05) is 28.7 Å². The van der Waals surface area contributed by atoms with Crippen LogP contribution in [0.1, 0.15) is 25.8 Å². The van der Waals surface area contributed by atoms with Crippen LogP contribution in [0.25, 0.3) is 10.9 Å². The molecular weight excluding hydrogens is 244 g/mol. The number of benzene rings is 1. The zero-order valence-corrected chi connectivity index (χ0v) is 11.9. The molecule has 0 aliphatic carbocycles. The van der Waals surface area contributed by atoms with Crippen molar-refractivity contribution < 1.29 is 0 Å². The van der Waals surface area contributed by atoms with Gasteiger partial charge in [0.2, 0.25) is 0 Å². The van der Waals surface area contributed by atoms with Gasteiger partial charge >= 0.3 is 0 Å². The van der Waals surface area contributed by atoms with Crippen LogP contribution in [0.2, 0.25) is 5.02 Å². The van der Waals surface area contributed by atoms with E-state index in [9.17, 15) is 0 Å². The molecule has 18 heavy (non-hydrogen) atoms. The van der Waals surface area contributed by atoms with E-state index in [-0.39, 0.29) is 0 Å². The quantitative estimate of drug-likeness (QED) is 0.874. The molecule has 1 unspecified atom stereocenters. The first kappa shape index (κ1) is 13.4. The fourth-order valence-electron chi connectivity index (χ4n) is 2.31. The summed E-state index contributed by atoms with van der Waals surface area (Å²) >= 11 is 6.11. The Labute approximate surface area is 114 Å². The van der Waals surface area contributed by atoms with Gasteiger partial charge in [-0.05, 0) is 36.6 Å². The lowest BCUT2D eigenvalue weighted by atomic mass is 10.1. The lowest BCUT2D eigenvalue weighted by molar-refractivity contribution is 0.477. The second-order valence-electron chi connectivity index (χ2n) is 5.02. The summed E-state index contributed by atoms with van der Waals surface area (Å²) in [6.07, 6.45) is 4.35. The average molecular weight is 265 g/mol. The van der Waals surface area contributed by atoms with Gasteiger partial charge in [-0.15, -0.1) is 0 Å². The Kier molecular flexibility index (Phi) is 4.31. The summed E-state index contributed by atoms with van der Waals surface area (Å²) in [7, 11) is 0. The van der Waals surface area contributed by atoms with E-state index in [1.54, 1.807) is 0 Å². The van der Waals surface area contributed by atoms with Crippen molar-refractivity contribution in [1.29, 1.82) is 0 Å². The number of halogens is 1. The van der Waals surface area contributed by atoms with Crippen molar-refractivity contribution in [3.05, 3.63) is 35.0 Å². The first-order chi connectivity index (χ1) is 8.65. The van der Waals surface area contributed by atoms with Crippen LogP contribution in [0.15, 0.2) is 24.4 Å². The van der Waals surface area contributed by atoms with Crippen LogP contribution in [-0.2, 0) is 13.0 Å². The molecule has 1 aromatic heterocycles. The molecule has 0 bridgehead atoms. The summed E-state index contributed by atoms with van der Waals surface area (Å²) in [5.41, 5.74) is 8.24. The van der Waals surface area contributed by atoms with E-state index in [1.165, 1.54) is 22.9 Å². The van der Waals surface area contributed by atoms with Gasteiger partial charge in [0.05, 0.1) is 0 Å². The third-order valence-corrected chi connectivity index (χ3v) is 3.78. The highest BCUT2D eigenvalue weighted by Crippen LogP contribution is 2.26. The molecule has 0 aliphatic heterocycles. The highest BCUT2D eigenvalue weighted by atomic mass is 35.5. The summed E-state index contributed by atoms with van der Waals surface area (Å²) in [6, 6.07) is 6.12. The molecule has 2 aromatic rings. The highest BCUT2D eigenvalue weighted by Gasteiger charge is 2.10. The molecule has 0 amide bonds. The van der Waals surface area contributed by atoms with Crippen molar-refractivity contribution in [2.75, 3.05) is 6.54 Å². The van der Waals surface area contributed by atoms with Crippen LogP contribution in [0.4, 0.5) is 0 Å². The van der Waals surface area contributed by atoms with Crippen molar-refractivity contribution in [3.63, 3.8) is 0 Å². The molecule has 0 spiro atoms. The molecule has 1 heterocycles. The summed E-state index contributed by atoms with van der Waals surface area (Å²) in [5, 5.41) is 2.08. The van der Waals surface area contributed by atoms with E-state index < -0.39 is 0 Å². The number of aromatic nitrogens is 1. The Hall–Kier alpha value is -0.990. The van der Waals surface area contributed by atoms with Crippen molar-refractivity contribution in [2.24, 2.45) is 11.7 Å². The molecule has 0 saturated carbocycles. The smallest absolute Gasteiger partial charge is 0.0498 e. The molecular formula is C15H21ClN2. The van der Waals surface area contributed by atoms with Crippen LogP contribution < -0.4 is 5.73 Å². The molecule has 0 fully saturated rings. The maximum atomic E-state index is 6.11. The summed E-state index contributed by atoms with van der Waals surface area (Å²) in [5.74, 6) is 0.672. The topological polar surface area (TPSA) is 30.9 Å². The van der Waals surface area contributed by atoms with Crippen molar-refractivity contribution in [3.8, 4) is 0 Å². The third kappa shape index (κ3) is 2.70. The van der Waals surface area contributed by atoms with E-state index >= 15 is 0 Å². The average Bonchev–Trinajstić information content (AvgIpc) is 2.67. The van der Waals surface area contributed by atoms with E-state index in [1.807, 2.05) is 6.07 Å². The maximum absolute atomic E-state index is 6.11. The molecule has 3 heteroatoms. The standard InChI is InChI=1S/C15H21ClN2/c1-3-11(2)9-18-10-12(6-7-17)14-5-4-13(16)8-15(14)18/h4-5,8,10-11H,3,6-7,9,17H2,1-2H3. The predicted molar refractivity (Wildman–Crippen MR) is 79.2 cm³/mol. The molecule has 0 aliphatic rings. The SMILES string of the molecule is CCC(C)Cn1cc(CCN)c2ccc(Cl)cc21. The summed E-state index contributed by atoms with van der Waals surface area (Å²) in [4.78, 5) is 0. The Bertz CT molecular complexity index is 531. The van der Waals surface area contributed by atoms with Gasteiger partial charge in [-0.3, -0.25) is 0 Å². The number of hydrogen-bond donors (Lipinski definition) is 1. The van der Waals surface area contributed by atoms with Crippen molar-refractivity contribution in [2.45, 2.75) is 33.2 Å². The number of hydrogen-bond acceptors (Lipinski definition) is 1. The molecule has 2 nitrogen and oxygen atoms in total. The monoisotopic (exact) mass is 264 g/mol. The maximum Gasteiger partial charge on any atom is 0.0498 e. The van der Waals surface area contributed by atoms with Crippen LogP contribution in [0.5, 0.6) is 0 Å². The Morgan fingerprint density at radius 1 is 1.39 bits per heavy atom. The normalized spacial score (nSPS) is 13.1. The minimum atomic E-state index is 0.672. The second-order valence-corrected chi connectivity index (χ2v) is 5.46. The van der Waals surface area contributed by atoms with Crippen LogP contribution in [0.3, 0.4) is 0 Å². The molecule has 0 radical (unpaired) electrons. The zero-order chi connectivity index (χ0) is 13.1. The fraction of sp³-hybridized carbons (Fsp3) is 0.467. The van der Waals surface area contributed by atoms with E-state index in [0.717, 1.165) is 18.0 Å². The van der Waals surface area contributed by atoms with Crippen molar-refractivity contribution in [1.82, 2.24) is 4.57 Å². The molecule has 1 atom stereocenters. The van der Waals surface area contributed by atoms with E-state index in [2.05, 4.69) is 36.7 Å². The van der Waals surface area contributed by atoms with Gasteiger partial charge in [-0.2, -0.15) is 0 Å². The fourth-order valence-corrected chi connectivity index (χ4v) is 2.48. The van der Waals surface area contributed by atoms with Crippen LogP contribution in [-0.4, -0.2) is 11.1 Å². The number of rotatable bonds is 5. The predicted octanol–water partition coefficient (Wildman–Crippen LogP) is 3.84. The van der Waals surface area contributed by atoms with Gasteiger partial charge in [-0.25, -0.2) is 0 Å². The lowest BCUT2D eigenvalue weighted by Crippen LogP contribution is -2.05. The molecule has 98 valence electrons. The molecule has 2 rings (SSSR count). The Morgan fingerprint density at radius 3 is 2.83 bits per heavy atom.